The Morgan fingerprint density at radius 1 is 1.12 bits per heavy atom. The number of hydrogen-bond donors (Lipinski definition) is 1. The van der Waals surface area contributed by atoms with Crippen LogP contribution in [0.2, 0.25) is 10.0 Å². The summed E-state index contributed by atoms with van der Waals surface area (Å²) in [6, 6.07) is 10.2. The van der Waals surface area contributed by atoms with Gasteiger partial charge in [-0.2, -0.15) is 0 Å². The number of Topliss-reactive ketones (excluding diaryl/α,β-unsaturated/α-hetero) is 1. The highest BCUT2D eigenvalue weighted by atomic mass is 35.5. The Morgan fingerprint density at radius 2 is 1.83 bits per heavy atom. The number of anilines is 1. The molecule has 41 heavy (non-hydrogen) atoms. The largest absolute Gasteiger partial charge is 0.507 e. The lowest BCUT2D eigenvalue weighted by Gasteiger charge is -2.23. The summed E-state index contributed by atoms with van der Waals surface area (Å²) in [4.78, 5) is 45.5. The van der Waals surface area contributed by atoms with Gasteiger partial charge in [-0.3, -0.25) is 14.5 Å². The number of unbranched alkanes of at least 4 members (excludes halogenated alkanes) is 1. The van der Waals surface area contributed by atoms with Crippen molar-refractivity contribution in [2.45, 2.75) is 46.6 Å². The molecule has 1 aromatic heterocycles. The number of thiazole rings is 1. The fraction of sp³-hybridized carbons (Fsp3) is 0.333. The van der Waals surface area contributed by atoms with Crippen LogP contribution in [0.5, 0.6) is 5.75 Å². The van der Waals surface area contributed by atoms with E-state index in [2.05, 4.69) is 11.9 Å². The van der Waals surface area contributed by atoms with Gasteiger partial charge in [0, 0.05) is 5.56 Å². The number of ether oxygens (including phenoxy) is 2. The van der Waals surface area contributed by atoms with E-state index >= 15 is 0 Å². The molecule has 1 amide bonds. The Morgan fingerprint density at radius 3 is 2.46 bits per heavy atom. The second-order valence-electron chi connectivity index (χ2n) is 9.97. The quantitative estimate of drug-likeness (QED) is 0.0832. The number of carbonyl (C=O) groups is 3. The highest BCUT2D eigenvalue weighted by Crippen LogP contribution is 2.45. The van der Waals surface area contributed by atoms with Crippen LogP contribution in [0, 0.1) is 12.8 Å². The molecule has 0 bridgehead atoms. The van der Waals surface area contributed by atoms with Gasteiger partial charge in [0.15, 0.2) is 5.13 Å². The number of ketones is 1. The molecule has 1 fully saturated rings. The number of aryl methyl sites for hydroxylation is 1. The Labute approximate surface area is 252 Å². The number of esters is 1. The van der Waals surface area contributed by atoms with Crippen LogP contribution < -0.4 is 9.64 Å². The molecule has 0 aliphatic carbocycles. The molecule has 1 atom stereocenters. The number of benzene rings is 2. The number of aromatic nitrogens is 1. The molecular formula is C30H30Cl2N2O6S. The number of amides is 1. The third kappa shape index (κ3) is 6.58. The Kier molecular flexibility index (Phi) is 9.73. The number of aliphatic hydroxyl groups is 1. The number of hydrogen-bond acceptors (Lipinski definition) is 8. The zero-order chi connectivity index (χ0) is 29.8. The van der Waals surface area contributed by atoms with E-state index in [1.54, 1.807) is 43.3 Å². The normalized spacial score (nSPS) is 16.5. The topological polar surface area (TPSA) is 106 Å². The first kappa shape index (κ1) is 30.6. The highest BCUT2D eigenvalue weighted by molar-refractivity contribution is 7.17. The van der Waals surface area contributed by atoms with Crippen molar-refractivity contribution in [2.24, 2.45) is 5.92 Å². The molecule has 0 spiro atoms. The maximum Gasteiger partial charge on any atom is 0.350 e. The van der Waals surface area contributed by atoms with Crippen molar-refractivity contribution in [3.63, 3.8) is 0 Å². The average molecular weight is 618 g/mol. The monoisotopic (exact) mass is 616 g/mol. The van der Waals surface area contributed by atoms with Crippen LogP contribution in [0.4, 0.5) is 5.13 Å². The minimum atomic E-state index is -1.09. The predicted octanol–water partition coefficient (Wildman–Crippen LogP) is 7.38. The van der Waals surface area contributed by atoms with Crippen molar-refractivity contribution < 1.29 is 29.0 Å². The lowest BCUT2D eigenvalue weighted by atomic mass is 9.95. The van der Waals surface area contributed by atoms with Crippen LogP contribution in [-0.4, -0.2) is 41.0 Å². The lowest BCUT2D eigenvalue weighted by Crippen LogP contribution is -2.29. The first-order chi connectivity index (χ1) is 19.5. The molecule has 3 aromatic rings. The summed E-state index contributed by atoms with van der Waals surface area (Å²) in [5.41, 5.74) is 0.956. The van der Waals surface area contributed by atoms with E-state index in [0.29, 0.717) is 29.2 Å². The van der Waals surface area contributed by atoms with Gasteiger partial charge in [-0.25, -0.2) is 9.78 Å². The van der Waals surface area contributed by atoms with Gasteiger partial charge in [0.2, 0.25) is 0 Å². The molecule has 2 heterocycles. The van der Waals surface area contributed by atoms with Crippen LogP contribution in [0.15, 0.2) is 48.0 Å². The van der Waals surface area contributed by atoms with Crippen molar-refractivity contribution in [1.82, 2.24) is 4.98 Å². The number of halogens is 2. The van der Waals surface area contributed by atoms with E-state index in [1.807, 2.05) is 13.8 Å². The van der Waals surface area contributed by atoms with Gasteiger partial charge in [-0.1, -0.05) is 67.8 Å². The molecule has 1 unspecified atom stereocenters. The second-order valence-corrected chi connectivity index (χ2v) is 11.8. The molecule has 8 nitrogen and oxygen atoms in total. The van der Waals surface area contributed by atoms with Gasteiger partial charge in [-0.05, 0) is 61.2 Å². The lowest BCUT2D eigenvalue weighted by molar-refractivity contribution is -0.132. The number of nitrogens with zero attached hydrogens (tertiary/aromatic N) is 2. The average Bonchev–Trinajstić information content (AvgIpc) is 3.45. The molecule has 1 N–H and O–H groups in total. The van der Waals surface area contributed by atoms with Gasteiger partial charge >= 0.3 is 11.9 Å². The smallest absolute Gasteiger partial charge is 0.350 e. The van der Waals surface area contributed by atoms with Crippen molar-refractivity contribution in [3.8, 4) is 5.75 Å². The maximum absolute atomic E-state index is 13.5. The number of carbonyl (C=O) groups excluding carboxylic acids is 3. The summed E-state index contributed by atoms with van der Waals surface area (Å²) in [6.07, 6.45) is 1.90. The first-order valence-corrected chi connectivity index (χ1v) is 14.7. The summed E-state index contributed by atoms with van der Waals surface area (Å²) < 4.78 is 11.1. The van der Waals surface area contributed by atoms with E-state index in [-0.39, 0.29) is 43.9 Å². The van der Waals surface area contributed by atoms with Crippen LogP contribution >= 0.6 is 34.5 Å². The molecule has 1 aliphatic heterocycles. The third-order valence-corrected chi connectivity index (χ3v) is 8.20. The van der Waals surface area contributed by atoms with E-state index in [9.17, 15) is 19.5 Å². The van der Waals surface area contributed by atoms with E-state index in [0.717, 1.165) is 24.2 Å². The fourth-order valence-corrected chi connectivity index (χ4v) is 5.50. The van der Waals surface area contributed by atoms with Crippen LogP contribution in [0.3, 0.4) is 0 Å². The standard InChI is InChI=1S/C30H30Cl2N2O6S/c1-5-6-13-39-20-10-7-18(8-11-20)25(35)23-24(19-9-12-21(31)22(32)14-19)34(28(37)26(23)36)30-33-17(4)27(41-30)29(38)40-15-16(2)3/h7-12,14,16,24,35H,5-6,13,15H2,1-4H3/b25-23-. The third-order valence-electron chi connectivity index (χ3n) is 6.32. The van der Waals surface area contributed by atoms with Gasteiger partial charge in [0.25, 0.3) is 5.78 Å². The molecule has 0 saturated carbocycles. The van der Waals surface area contributed by atoms with E-state index in [4.69, 9.17) is 32.7 Å². The van der Waals surface area contributed by atoms with Gasteiger partial charge in [0.05, 0.1) is 40.6 Å². The SMILES string of the molecule is CCCCOc1ccc(/C(O)=C2/C(=O)C(=O)N(c3nc(C)c(C(=O)OCC(C)C)s3)C2c2ccc(Cl)c(Cl)c2)cc1. The van der Waals surface area contributed by atoms with Crippen LogP contribution in [0.1, 0.15) is 66.1 Å². The van der Waals surface area contributed by atoms with Crippen molar-refractivity contribution in [1.29, 1.82) is 0 Å². The number of aliphatic hydroxyl groups excluding tert-OH is 1. The predicted molar refractivity (Wildman–Crippen MR) is 160 cm³/mol. The van der Waals surface area contributed by atoms with Crippen molar-refractivity contribution in [2.75, 3.05) is 18.1 Å². The molecule has 2 aromatic carbocycles. The molecule has 4 rings (SSSR count). The van der Waals surface area contributed by atoms with Crippen LogP contribution in [0.25, 0.3) is 5.76 Å². The van der Waals surface area contributed by atoms with Gasteiger partial charge in [-0.15, -0.1) is 0 Å². The Balaban J connectivity index is 1.80. The molecule has 11 heteroatoms. The molecule has 216 valence electrons. The second kappa shape index (κ2) is 13.1. The summed E-state index contributed by atoms with van der Waals surface area (Å²) in [7, 11) is 0. The van der Waals surface area contributed by atoms with Crippen molar-refractivity contribution >= 4 is 63.1 Å². The highest BCUT2D eigenvalue weighted by Gasteiger charge is 2.48. The molecular weight excluding hydrogens is 587 g/mol. The molecule has 1 saturated heterocycles. The first-order valence-electron chi connectivity index (χ1n) is 13.2. The van der Waals surface area contributed by atoms with Gasteiger partial charge < -0.3 is 14.6 Å². The maximum atomic E-state index is 13.5. The van der Waals surface area contributed by atoms with E-state index < -0.39 is 23.7 Å². The zero-order valence-electron chi connectivity index (χ0n) is 23.1. The minimum absolute atomic E-state index is 0.107. The zero-order valence-corrected chi connectivity index (χ0v) is 25.4. The van der Waals surface area contributed by atoms with Crippen LogP contribution in [-0.2, 0) is 14.3 Å². The van der Waals surface area contributed by atoms with E-state index in [1.165, 1.54) is 11.0 Å². The summed E-state index contributed by atoms with van der Waals surface area (Å²) in [6.45, 7) is 8.31. The Hall–Kier alpha value is -3.40. The van der Waals surface area contributed by atoms with Gasteiger partial charge in [0.1, 0.15) is 16.4 Å². The number of rotatable bonds is 10. The summed E-state index contributed by atoms with van der Waals surface area (Å²) in [5, 5.41) is 12.0. The molecule has 1 aliphatic rings. The Bertz CT molecular complexity index is 1500. The summed E-state index contributed by atoms with van der Waals surface area (Å²) >= 11 is 13.4. The van der Waals surface area contributed by atoms with Crippen molar-refractivity contribution in [3.05, 3.63) is 79.8 Å². The minimum Gasteiger partial charge on any atom is -0.507 e. The summed E-state index contributed by atoms with van der Waals surface area (Å²) in [5.74, 6) is -1.99. The molecule has 0 radical (unpaired) electrons. The fourth-order valence-electron chi connectivity index (χ4n) is 4.21.